The van der Waals surface area contributed by atoms with Crippen molar-refractivity contribution in [3.05, 3.63) is 57.6 Å². The molecule has 2 aromatic rings. The van der Waals surface area contributed by atoms with Gasteiger partial charge in [0.25, 0.3) is 0 Å². The van der Waals surface area contributed by atoms with Crippen LogP contribution in [0.25, 0.3) is 11.1 Å². The topological polar surface area (TPSA) is 0 Å². The van der Waals surface area contributed by atoms with Crippen LogP contribution in [-0.4, -0.2) is 6.26 Å². The average molecular weight is 313 g/mol. The number of thiol groups is 1. The molecule has 0 amide bonds. The van der Waals surface area contributed by atoms with E-state index >= 15 is 0 Å². The third kappa shape index (κ3) is 2.96. The fourth-order valence-electron chi connectivity index (χ4n) is 3.85. The maximum absolute atomic E-state index is 3.53. The minimum absolute atomic E-state index is 1.22. The standard InChI is InChI=1S/C18H18.C2H6.CH4S/c1-11-7-13-3-5-15-9-12(2)10-16-6-4-14(8-11)17(13)18(15)16;2*1-2/h7-10H,3-6H2,1-2H3;1-2H3;2H,1H3. The maximum atomic E-state index is 3.53. The highest BCUT2D eigenvalue weighted by Gasteiger charge is 2.25. The first-order valence-corrected chi connectivity index (χ1v) is 9.32. The second kappa shape index (κ2) is 7.37. The van der Waals surface area contributed by atoms with Crippen LogP contribution in [-0.2, 0) is 25.7 Å². The first-order valence-electron chi connectivity index (χ1n) is 8.42. The van der Waals surface area contributed by atoms with E-state index in [-0.39, 0.29) is 0 Å². The predicted octanol–water partition coefficient (Wildman–Crippen LogP) is 5.74. The average Bonchev–Trinajstić information content (AvgIpc) is 2.55. The van der Waals surface area contributed by atoms with E-state index in [0.717, 1.165) is 0 Å². The van der Waals surface area contributed by atoms with Gasteiger partial charge in [-0.05, 0) is 79.2 Å². The second-order valence-electron chi connectivity index (χ2n) is 5.92. The van der Waals surface area contributed by atoms with Crippen LogP contribution in [0.2, 0.25) is 0 Å². The van der Waals surface area contributed by atoms with E-state index in [1.54, 1.807) is 39.6 Å². The van der Waals surface area contributed by atoms with Crippen LogP contribution in [0.1, 0.15) is 47.2 Å². The molecule has 4 rings (SSSR count). The lowest BCUT2D eigenvalue weighted by Crippen LogP contribution is -2.14. The van der Waals surface area contributed by atoms with Crippen LogP contribution < -0.4 is 0 Å². The summed E-state index contributed by atoms with van der Waals surface area (Å²) in [5, 5.41) is 0. The molecular formula is C21H28S. The second-order valence-corrected chi connectivity index (χ2v) is 5.92. The van der Waals surface area contributed by atoms with E-state index in [4.69, 9.17) is 0 Å². The molecule has 0 aromatic heterocycles. The van der Waals surface area contributed by atoms with Gasteiger partial charge in [-0.2, -0.15) is 12.6 Å². The Kier molecular flexibility index (Phi) is 5.74. The molecule has 0 nitrogen and oxygen atoms in total. The quantitative estimate of drug-likeness (QED) is 0.589. The number of rotatable bonds is 0. The Bertz CT molecular complexity index is 558. The largest absolute Gasteiger partial charge is 0.183 e. The predicted molar refractivity (Wildman–Crippen MR) is 102 cm³/mol. The number of hydrogen-bond donors (Lipinski definition) is 1. The normalized spacial score (nSPS) is 13.2. The zero-order valence-corrected chi connectivity index (χ0v) is 15.5. The fraction of sp³-hybridized carbons (Fsp3) is 0.429. The third-order valence-electron chi connectivity index (χ3n) is 4.47. The summed E-state index contributed by atoms with van der Waals surface area (Å²) >= 11 is 3.53. The van der Waals surface area contributed by atoms with Gasteiger partial charge in [0.2, 0.25) is 0 Å². The summed E-state index contributed by atoms with van der Waals surface area (Å²) in [6.07, 6.45) is 6.58. The molecule has 2 aliphatic rings. The molecule has 0 saturated heterocycles. The Morgan fingerprint density at radius 3 is 1.05 bits per heavy atom. The summed E-state index contributed by atoms with van der Waals surface area (Å²) in [7, 11) is 0. The molecule has 2 aromatic carbocycles. The van der Waals surface area contributed by atoms with E-state index in [2.05, 4.69) is 50.7 Å². The van der Waals surface area contributed by atoms with Crippen molar-refractivity contribution < 1.29 is 0 Å². The lowest BCUT2D eigenvalue weighted by Gasteiger charge is -2.30. The van der Waals surface area contributed by atoms with E-state index < -0.39 is 0 Å². The number of hydrogen-bond acceptors (Lipinski definition) is 1. The van der Waals surface area contributed by atoms with Crippen molar-refractivity contribution in [3.8, 4) is 11.1 Å². The third-order valence-corrected chi connectivity index (χ3v) is 4.47. The molecule has 0 N–H and O–H groups in total. The molecule has 0 bridgehead atoms. The van der Waals surface area contributed by atoms with Gasteiger partial charge in [-0.3, -0.25) is 0 Å². The van der Waals surface area contributed by atoms with E-state index in [1.807, 2.05) is 13.8 Å². The molecule has 0 heterocycles. The SMILES string of the molecule is CC.CS.Cc1cc2c3c(c1)CCc1cc(C)cc(c1-3)CC2. The van der Waals surface area contributed by atoms with E-state index in [1.165, 1.54) is 36.8 Å². The summed E-state index contributed by atoms with van der Waals surface area (Å²) in [4.78, 5) is 0. The molecule has 0 aliphatic heterocycles. The molecule has 0 spiro atoms. The summed E-state index contributed by atoms with van der Waals surface area (Å²) in [5.74, 6) is 0. The van der Waals surface area contributed by atoms with Gasteiger partial charge < -0.3 is 0 Å². The number of benzene rings is 2. The molecule has 22 heavy (non-hydrogen) atoms. The van der Waals surface area contributed by atoms with Gasteiger partial charge in [-0.15, -0.1) is 0 Å². The molecule has 2 aliphatic carbocycles. The lowest BCUT2D eigenvalue weighted by molar-refractivity contribution is 0.871. The molecule has 0 fully saturated rings. The van der Waals surface area contributed by atoms with Crippen molar-refractivity contribution in [1.82, 2.24) is 0 Å². The summed E-state index contributed by atoms with van der Waals surface area (Å²) in [6.45, 7) is 8.47. The molecular weight excluding hydrogens is 284 g/mol. The van der Waals surface area contributed by atoms with Gasteiger partial charge >= 0.3 is 0 Å². The Labute approximate surface area is 141 Å². The molecule has 118 valence electrons. The Balaban J connectivity index is 0.000000410. The highest BCUT2D eigenvalue weighted by molar-refractivity contribution is 7.79. The minimum atomic E-state index is 1.22. The molecule has 0 unspecified atom stereocenters. The molecule has 0 atom stereocenters. The number of aryl methyl sites for hydroxylation is 6. The van der Waals surface area contributed by atoms with Crippen LogP contribution in [0.15, 0.2) is 24.3 Å². The zero-order valence-electron chi connectivity index (χ0n) is 14.6. The highest BCUT2D eigenvalue weighted by Crippen LogP contribution is 2.43. The van der Waals surface area contributed by atoms with Gasteiger partial charge in [-0.1, -0.05) is 49.2 Å². The van der Waals surface area contributed by atoms with E-state index in [9.17, 15) is 0 Å². The highest BCUT2D eigenvalue weighted by atomic mass is 32.1. The van der Waals surface area contributed by atoms with Crippen molar-refractivity contribution in [2.75, 3.05) is 6.26 Å². The van der Waals surface area contributed by atoms with Crippen molar-refractivity contribution in [3.63, 3.8) is 0 Å². The molecule has 1 heteroatoms. The Morgan fingerprint density at radius 1 is 0.591 bits per heavy atom. The van der Waals surface area contributed by atoms with Crippen LogP contribution in [0.3, 0.4) is 0 Å². The minimum Gasteiger partial charge on any atom is -0.183 e. The maximum Gasteiger partial charge on any atom is -0.0114 e. The van der Waals surface area contributed by atoms with Crippen LogP contribution in [0.5, 0.6) is 0 Å². The van der Waals surface area contributed by atoms with Crippen molar-refractivity contribution in [2.24, 2.45) is 0 Å². The molecule has 0 radical (unpaired) electrons. The van der Waals surface area contributed by atoms with Crippen molar-refractivity contribution >= 4 is 12.6 Å². The van der Waals surface area contributed by atoms with Crippen molar-refractivity contribution in [1.29, 1.82) is 0 Å². The van der Waals surface area contributed by atoms with Crippen LogP contribution in [0, 0.1) is 13.8 Å². The van der Waals surface area contributed by atoms with Crippen LogP contribution >= 0.6 is 12.6 Å². The smallest absolute Gasteiger partial charge is 0.0114 e. The van der Waals surface area contributed by atoms with Gasteiger partial charge in [0.1, 0.15) is 0 Å². The summed E-state index contributed by atoms with van der Waals surface area (Å²) < 4.78 is 0. The monoisotopic (exact) mass is 312 g/mol. The van der Waals surface area contributed by atoms with E-state index in [0.29, 0.717) is 0 Å². The van der Waals surface area contributed by atoms with Gasteiger partial charge in [0.15, 0.2) is 0 Å². The Hall–Kier alpha value is -1.21. The first kappa shape index (κ1) is 17.1. The Morgan fingerprint density at radius 2 is 0.818 bits per heavy atom. The fourth-order valence-corrected chi connectivity index (χ4v) is 3.85. The lowest BCUT2D eigenvalue weighted by atomic mass is 9.74. The zero-order chi connectivity index (χ0) is 16.3. The van der Waals surface area contributed by atoms with Gasteiger partial charge in [0, 0.05) is 0 Å². The van der Waals surface area contributed by atoms with Crippen LogP contribution in [0.4, 0.5) is 0 Å². The summed E-state index contributed by atoms with van der Waals surface area (Å²) in [6, 6.07) is 9.60. The molecule has 0 saturated carbocycles. The first-order chi connectivity index (χ1) is 10.7. The van der Waals surface area contributed by atoms with Gasteiger partial charge in [-0.25, -0.2) is 0 Å². The summed E-state index contributed by atoms with van der Waals surface area (Å²) in [5.41, 5.74) is 12.4. The van der Waals surface area contributed by atoms with Crippen molar-refractivity contribution in [2.45, 2.75) is 53.4 Å². The van der Waals surface area contributed by atoms with Gasteiger partial charge in [0.05, 0.1) is 0 Å².